The Morgan fingerprint density at radius 3 is 2.55 bits per heavy atom. The standard InChI is InChI=1S/C20H20N2OS.C2HF3O2/c1-20(2)14-11-12-23-16-9-5-3-7-13(16)18(14)21-19-22(20)15-8-4-6-10-17(15)24-19;3-2(4,5)1(6)7/h3-10,14,18H,11-12H2,1-2H3;(H,6,7)/t14-,18+;/m0./s1. The summed E-state index contributed by atoms with van der Waals surface area (Å²) in [4.78, 5) is 8.78. The van der Waals surface area contributed by atoms with Crippen LogP contribution in [0.3, 0.4) is 0 Å². The highest BCUT2D eigenvalue weighted by molar-refractivity contribution is 7.21. The Morgan fingerprint density at radius 1 is 1.19 bits per heavy atom. The van der Waals surface area contributed by atoms with Crippen LogP contribution in [0.15, 0.2) is 48.5 Å². The SMILES string of the molecule is CC1(C)[C@H]2CCOc3ccccc3[C@H]2Nc2sc3ccccc3[n+]21.O=C([O-])C(F)(F)F. The minimum absolute atomic E-state index is 0.0334. The van der Waals surface area contributed by atoms with Gasteiger partial charge in [-0.05, 0) is 49.8 Å². The molecule has 5 nitrogen and oxygen atoms in total. The van der Waals surface area contributed by atoms with Crippen LogP contribution >= 0.6 is 11.3 Å². The number of benzene rings is 2. The molecule has 2 atom stereocenters. The lowest BCUT2D eigenvalue weighted by Gasteiger charge is -2.39. The van der Waals surface area contributed by atoms with Gasteiger partial charge in [0, 0.05) is 5.56 Å². The van der Waals surface area contributed by atoms with Crippen LogP contribution in [0.25, 0.3) is 10.2 Å². The van der Waals surface area contributed by atoms with Gasteiger partial charge in [-0.2, -0.15) is 13.2 Å². The number of alkyl halides is 3. The molecule has 0 spiro atoms. The zero-order valence-electron chi connectivity index (χ0n) is 16.9. The number of carbonyl (C=O) groups is 1. The van der Waals surface area contributed by atoms with Crippen molar-refractivity contribution in [2.75, 3.05) is 11.9 Å². The van der Waals surface area contributed by atoms with Gasteiger partial charge in [0.25, 0.3) is 0 Å². The number of aliphatic carboxylic acids is 1. The number of fused-ring (bicyclic) bond motifs is 6. The summed E-state index contributed by atoms with van der Waals surface area (Å²) in [5.74, 6) is -1.49. The Bertz CT molecular complexity index is 1130. The number of nitrogens with one attached hydrogen (secondary N) is 1. The highest BCUT2D eigenvalue weighted by Gasteiger charge is 2.51. The number of hydrogen-bond acceptors (Lipinski definition) is 5. The number of aromatic nitrogens is 1. The molecular weight excluding hydrogens is 429 g/mol. The van der Waals surface area contributed by atoms with Gasteiger partial charge in [0.2, 0.25) is 0 Å². The summed E-state index contributed by atoms with van der Waals surface area (Å²) in [7, 11) is 0. The molecule has 3 heterocycles. The van der Waals surface area contributed by atoms with Crippen LogP contribution in [0.2, 0.25) is 0 Å². The lowest BCUT2D eigenvalue weighted by Crippen LogP contribution is -2.62. The Morgan fingerprint density at radius 2 is 1.84 bits per heavy atom. The fraction of sp³-hybridized carbons (Fsp3) is 0.364. The molecule has 3 aromatic rings. The molecular formula is C22H21F3N2O3S. The van der Waals surface area contributed by atoms with E-state index in [0.29, 0.717) is 12.0 Å². The molecule has 9 heteroatoms. The summed E-state index contributed by atoms with van der Waals surface area (Å²) >= 11 is 1.85. The third-order valence-corrected chi connectivity index (χ3v) is 6.91. The summed E-state index contributed by atoms with van der Waals surface area (Å²) in [6.07, 6.45) is -4.14. The number of carbonyl (C=O) groups excluding carboxylic acids is 1. The number of halogens is 3. The number of carboxylic acid groups (broad SMARTS) is 1. The summed E-state index contributed by atoms with van der Waals surface area (Å²) < 4.78 is 41.4. The van der Waals surface area contributed by atoms with Gasteiger partial charge >= 0.3 is 11.3 Å². The molecule has 1 aromatic heterocycles. The lowest BCUT2D eigenvalue weighted by atomic mass is 9.76. The molecule has 2 aromatic carbocycles. The Labute approximate surface area is 181 Å². The molecule has 0 aliphatic carbocycles. The van der Waals surface area contributed by atoms with Crippen LogP contribution < -0.4 is 19.7 Å². The van der Waals surface area contributed by atoms with Gasteiger partial charge in [-0.3, -0.25) is 5.32 Å². The fourth-order valence-corrected chi connectivity index (χ4v) is 5.67. The molecule has 5 rings (SSSR count). The number of hydrogen-bond donors (Lipinski definition) is 1. The van der Waals surface area contributed by atoms with E-state index in [4.69, 9.17) is 14.6 Å². The molecule has 1 N–H and O–H groups in total. The highest BCUT2D eigenvalue weighted by atomic mass is 32.1. The topological polar surface area (TPSA) is 65.3 Å². The molecule has 0 saturated carbocycles. The molecule has 0 radical (unpaired) electrons. The Hall–Kier alpha value is -2.81. The average Bonchev–Trinajstić information content (AvgIpc) is 2.98. The number of anilines is 1. The maximum Gasteiger partial charge on any atom is 0.430 e. The largest absolute Gasteiger partial charge is 0.542 e. The lowest BCUT2D eigenvalue weighted by molar-refractivity contribution is -0.733. The van der Waals surface area contributed by atoms with Crippen LogP contribution in [0.5, 0.6) is 5.75 Å². The van der Waals surface area contributed by atoms with Gasteiger partial charge in [0.15, 0.2) is 0 Å². The average molecular weight is 450 g/mol. The number of para-hydroxylation sites is 2. The molecule has 0 bridgehead atoms. The summed E-state index contributed by atoms with van der Waals surface area (Å²) in [6, 6.07) is 17.5. The van der Waals surface area contributed by atoms with Gasteiger partial charge in [0.05, 0.1) is 17.2 Å². The maximum absolute atomic E-state index is 10.5. The zero-order valence-corrected chi connectivity index (χ0v) is 17.7. The van der Waals surface area contributed by atoms with Gasteiger partial charge in [-0.1, -0.05) is 30.3 Å². The summed E-state index contributed by atoms with van der Waals surface area (Å²) in [5, 5.41) is 13.9. The molecule has 31 heavy (non-hydrogen) atoms. The van der Waals surface area contributed by atoms with E-state index in [1.54, 1.807) is 0 Å². The first kappa shape index (κ1) is 21.4. The van der Waals surface area contributed by atoms with Gasteiger partial charge in [-0.25, -0.2) is 4.57 Å². The number of thiazole rings is 1. The van der Waals surface area contributed by atoms with Crippen molar-refractivity contribution in [3.63, 3.8) is 0 Å². The smallest absolute Gasteiger partial charge is 0.430 e. The van der Waals surface area contributed by atoms with Crippen LogP contribution in [0.1, 0.15) is 31.9 Å². The third kappa shape index (κ3) is 3.82. The predicted molar refractivity (Wildman–Crippen MR) is 109 cm³/mol. The van der Waals surface area contributed by atoms with E-state index in [1.807, 2.05) is 11.3 Å². The molecule has 0 saturated heterocycles. The Kier molecular flexibility index (Phi) is 5.33. The Balaban J connectivity index is 0.000000289. The van der Waals surface area contributed by atoms with Crippen molar-refractivity contribution in [1.29, 1.82) is 0 Å². The van der Waals surface area contributed by atoms with E-state index in [-0.39, 0.29) is 5.54 Å². The number of rotatable bonds is 0. The maximum atomic E-state index is 10.5. The number of nitrogens with zero attached hydrogens (tertiary/aromatic N) is 1. The fourth-order valence-electron chi connectivity index (χ4n) is 4.44. The van der Waals surface area contributed by atoms with E-state index in [9.17, 15) is 13.2 Å². The van der Waals surface area contributed by atoms with Crippen molar-refractivity contribution >= 4 is 32.7 Å². The van der Waals surface area contributed by atoms with Crippen LogP contribution in [0, 0.1) is 5.92 Å². The molecule has 2 aliphatic heterocycles. The normalized spacial score (nSPS) is 21.2. The monoisotopic (exact) mass is 450 g/mol. The predicted octanol–water partition coefficient (Wildman–Crippen LogP) is 3.79. The third-order valence-electron chi connectivity index (χ3n) is 5.85. The quantitative estimate of drug-likeness (QED) is 0.530. The first-order valence-electron chi connectivity index (χ1n) is 9.81. The number of carboxylic acids is 1. The van der Waals surface area contributed by atoms with E-state index in [0.717, 1.165) is 18.8 Å². The van der Waals surface area contributed by atoms with Crippen LogP contribution in [-0.4, -0.2) is 18.8 Å². The minimum atomic E-state index is -5.19. The second-order valence-corrected chi connectivity index (χ2v) is 9.08. The second-order valence-electron chi connectivity index (χ2n) is 8.05. The van der Waals surface area contributed by atoms with Crippen molar-refractivity contribution in [3.8, 4) is 5.75 Å². The summed E-state index contributed by atoms with van der Waals surface area (Å²) in [5.41, 5.74) is 2.65. The molecule has 0 fully saturated rings. The van der Waals surface area contributed by atoms with Gasteiger partial charge in [0.1, 0.15) is 28.8 Å². The van der Waals surface area contributed by atoms with E-state index < -0.39 is 12.1 Å². The molecule has 0 amide bonds. The van der Waals surface area contributed by atoms with Crippen molar-refractivity contribution in [1.82, 2.24) is 0 Å². The first-order chi connectivity index (χ1) is 14.6. The van der Waals surface area contributed by atoms with Gasteiger partial charge in [-0.15, -0.1) is 0 Å². The molecule has 2 aliphatic rings. The molecule has 0 unspecified atom stereocenters. The van der Waals surface area contributed by atoms with E-state index in [1.165, 1.54) is 20.9 Å². The molecule has 164 valence electrons. The van der Waals surface area contributed by atoms with Crippen LogP contribution in [0.4, 0.5) is 18.3 Å². The first-order valence-corrected chi connectivity index (χ1v) is 10.6. The van der Waals surface area contributed by atoms with E-state index in [2.05, 4.69) is 72.3 Å². The second kappa shape index (κ2) is 7.71. The minimum Gasteiger partial charge on any atom is -0.542 e. The van der Waals surface area contributed by atoms with Crippen molar-refractivity contribution < 1.29 is 32.4 Å². The van der Waals surface area contributed by atoms with Crippen molar-refractivity contribution in [2.45, 2.75) is 38.0 Å². The van der Waals surface area contributed by atoms with Crippen molar-refractivity contribution in [3.05, 3.63) is 54.1 Å². The van der Waals surface area contributed by atoms with Crippen molar-refractivity contribution in [2.24, 2.45) is 5.92 Å². The summed E-state index contributed by atoms with van der Waals surface area (Å²) in [6.45, 7) is 5.53. The number of ether oxygens (including phenoxy) is 1. The van der Waals surface area contributed by atoms with Crippen LogP contribution in [-0.2, 0) is 10.3 Å². The zero-order chi connectivity index (χ0) is 22.4. The highest BCUT2D eigenvalue weighted by Crippen LogP contribution is 2.47. The van der Waals surface area contributed by atoms with E-state index >= 15 is 0 Å². The van der Waals surface area contributed by atoms with Gasteiger partial charge < -0.3 is 14.6 Å².